The Morgan fingerprint density at radius 1 is 1.44 bits per heavy atom. The Morgan fingerprint density at radius 2 is 2.28 bits per heavy atom. The quantitative estimate of drug-likeness (QED) is 0.779. The zero-order valence-electron chi connectivity index (χ0n) is 11.1. The van der Waals surface area contributed by atoms with E-state index >= 15 is 0 Å². The molecule has 18 heavy (non-hydrogen) atoms. The maximum Gasteiger partial charge on any atom is 0.124 e. The van der Waals surface area contributed by atoms with Crippen LogP contribution in [-0.4, -0.2) is 16.6 Å². The minimum absolute atomic E-state index is 0.0371. The summed E-state index contributed by atoms with van der Waals surface area (Å²) in [5.41, 5.74) is 8.80. The number of hydrogen-bond acceptors (Lipinski definition) is 3. The van der Waals surface area contributed by atoms with Gasteiger partial charge in [-0.15, -0.1) is 0 Å². The number of hydrogen-bond donors (Lipinski definition) is 1. The largest absolute Gasteiger partial charge is 0.486 e. The molecule has 0 amide bonds. The van der Waals surface area contributed by atoms with Crippen LogP contribution in [0.3, 0.4) is 0 Å². The summed E-state index contributed by atoms with van der Waals surface area (Å²) in [5.74, 6) is 2.26. The Morgan fingerprint density at radius 3 is 3.06 bits per heavy atom. The van der Waals surface area contributed by atoms with Crippen molar-refractivity contribution in [3.63, 3.8) is 0 Å². The van der Waals surface area contributed by atoms with Crippen molar-refractivity contribution in [1.29, 1.82) is 0 Å². The van der Waals surface area contributed by atoms with Crippen molar-refractivity contribution in [3.8, 4) is 5.75 Å². The van der Waals surface area contributed by atoms with Crippen molar-refractivity contribution < 1.29 is 4.74 Å². The van der Waals surface area contributed by atoms with Gasteiger partial charge in [-0.2, -0.15) is 11.8 Å². The van der Waals surface area contributed by atoms with Gasteiger partial charge in [-0.1, -0.05) is 17.7 Å². The predicted molar refractivity (Wildman–Crippen MR) is 77.2 cm³/mol. The van der Waals surface area contributed by atoms with Gasteiger partial charge in [0.25, 0.3) is 0 Å². The molecule has 3 heteroatoms. The highest BCUT2D eigenvalue weighted by Gasteiger charge is 2.45. The van der Waals surface area contributed by atoms with Crippen molar-refractivity contribution in [2.45, 2.75) is 50.0 Å². The van der Waals surface area contributed by atoms with E-state index in [-0.39, 0.29) is 11.6 Å². The first-order valence-electron chi connectivity index (χ1n) is 6.77. The standard InChI is InChI=1S/C15H21NOS/c1-10-4-5-14-12(8-10)13(16)9-15(17-14)6-3-7-18-11(15)2/h4-5,8,11,13H,3,6-7,9,16H2,1-2H3. The van der Waals surface area contributed by atoms with E-state index in [1.807, 2.05) is 11.8 Å². The van der Waals surface area contributed by atoms with Crippen LogP contribution in [0, 0.1) is 6.92 Å². The molecule has 3 atom stereocenters. The summed E-state index contributed by atoms with van der Waals surface area (Å²) in [7, 11) is 0. The Hall–Kier alpha value is -0.670. The summed E-state index contributed by atoms with van der Waals surface area (Å²) in [6.45, 7) is 4.40. The van der Waals surface area contributed by atoms with E-state index in [0.717, 1.165) is 18.6 Å². The molecule has 0 aliphatic carbocycles. The highest BCUT2D eigenvalue weighted by molar-refractivity contribution is 8.00. The number of aryl methyl sites for hydroxylation is 1. The van der Waals surface area contributed by atoms with Gasteiger partial charge >= 0.3 is 0 Å². The second kappa shape index (κ2) is 4.46. The van der Waals surface area contributed by atoms with Crippen LogP contribution in [0.1, 0.15) is 43.4 Å². The highest BCUT2D eigenvalue weighted by Crippen LogP contribution is 2.47. The molecule has 2 N–H and O–H groups in total. The maximum atomic E-state index is 6.40. The van der Waals surface area contributed by atoms with Crippen LogP contribution < -0.4 is 10.5 Å². The number of thioether (sulfide) groups is 1. The van der Waals surface area contributed by atoms with E-state index in [0.29, 0.717) is 5.25 Å². The number of nitrogens with two attached hydrogens (primary N) is 1. The van der Waals surface area contributed by atoms with Gasteiger partial charge in [-0.05, 0) is 38.5 Å². The van der Waals surface area contributed by atoms with Crippen molar-refractivity contribution in [1.82, 2.24) is 0 Å². The molecule has 3 rings (SSSR count). The van der Waals surface area contributed by atoms with E-state index in [9.17, 15) is 0 Å². The number of benzene rings is 1. The van der Waals surface area contributed by atoms with Gasteiger partial charge in [0.15, 0.2) is 0 Å². The third kappa shape index (κ3) is 1.94. The van der Waals surface area contributed by atoms with Gasteiger partial charge in [0.2, 0.25) is 0 Å². The fraction of sp³-hybridized carbons (Fsp3) is 0.600. The number of fused-ring (bicyclic) bond motifs is 1. The first-order chi connectivity index (χ1) is 8.61. The van der Waals surface area contributed by atoms with Gasteiger partial charge in [0.1, 0.15) is 11.4 Å². The van der Waals surface area contributed by atoms with Crippen molar-refractivity contribution in [3.05, 3.63) is 29.3 Å². The van der Waals surface area contributed by atoms with Gasteiger partial charge in [-0.3, -0.25) is 0 Å². The Labute approximate surface area is 113 Å². The molecule has 2 heterocycles. The molecule has 0 saturated carbocycles. The highest BCUT2D eigenvalue weighted by atomic mass is 32.2. The molecule has 3 unspecified atom stereocenters. The molecule has 1 fully saturated rings. The monoisotopic (exact) mass is 263 g/mol. The Balaban J connectivity index is 1.98. The van der Waals surface area contributed by atoms with Crippen molar-refractivity contribution in [2.24, 2.45) is 5.73 Å². The zero-order chi connectivity index (χ0) is 12.8. The van der Waals surface area contributed by atoms with E-state index in [1.54, 1.807) is 0 Å². The van der Waals surface area contributed by atoms with Crippen LogP contribution in [0.2, 0.25) is 0 Å². The van der Waals surface area contributed by atoms with Crippen molar-refractivity contribution in [2.75, 3.05) is 5.75 Å². The van der Waals surface area contributed by atoms with Gasteiger partial charge in [0, 0.05) is 23.3 Å². The molecular formula is C15H21NOS. The summed E-state index contributed by atoms with van der Waals surface area (Å²) in [5, 5.41) is 0.534. The van der Waals surface area contributed by atoms with Crippen LogP contribution in [-0.2, 0) is 0 Å². The molecule has 1 aromatic carbocycles. The number of rotatable bonds is 0. The molecule has 2 nitrogen and oxygen atoms in total. The molecular weight excluding hydrogens is 242 g/mol. The van der Waals surface area contributed by atoms with E-state index in [2.05, 4.69) is 32.0 Å². The maximum absolute atomic E-state index is 6.40. The summed E-state index contributed by atoms with van der Waals surface area (Å²) in [6.07, 6.45) is 3.34. The SMILES string of the molecule is Cc1ccc2c(c1)C(N)CC1(CCCSC1C)O2. The third-order valence-electron chi connectivity index (χ3n) is 4.30. The van der Waals surface area contributed by atoms with E-state index in [1.165, 1.54) is 23.3 Å². The van der Waals surface area contributed by atoms with E-state index < -0.39 is 0 Å². The predicted octanol–water partition coefficient (Wildman–Crippen LogP) is 3.43. The number of ether oxygens (including phenoxy) is 1. The van der Waals surface area contributed by atoms with Crippen LogP contribution in [0.4, 0.5) is 0 Å². The fourth-order valence-electron chi connectivity index (χ4n) is 3.18. The van der Waals surface area contributed by atoms with Crippen LogP contribution in [0.5, 0.6) is 5.75 Å². The Bertz CT molecular complexity index is 462. The topological polar surface area (TPSA) is 35.2 Å². The van der Waals surface area contributed by atoms with Gasteiger partial charge < -0.3 is 10.5 Å². The minimum atomic E-state index is -0.0371. The first kappa shape index (κ1) is 12.4. The lowest BCUT2D eigenvalue weighted by atomic mass is 9.82. The lowest BCUT2D eigenvalue weighted by molar-refractivity contribution is 0.0255. The molecule has 2 aliphatic heterocycles. The lowest BCUT2D eigenvalue weighted by Gasteiger charge is -2.47. The minimum Gasteiger partial charge on any atom is -0.486 e. The molecule has 1 aromatic rings. The second-order valence-electron chi connectivity index (χ2n) is 5.64. The molecule has 0 aromatic heterocycles. The molecule has 98 valence electrons. The molecule has 1 saturated heterocycles. The van der Waals surface area contributed by atoms with Gasteiger partial charge in [0.05, 0.1) is 0 Å². The summed E-state index contributed by atoms with van der Waals surface area (Å²) >= 11 is 2.02. The van der Waals surface area contributed by atoms with E-state index in [4.69, 9.17) is 10.5 Å². The van der Waals surface area contributed by atoms with Gasteiger partial charge in [-0.25, -0.2) is 0 Å². The first-order valence-corrected chi connectivity index (χ1v) is 7.82. The van der Waals surface area contributed by atoms with Crippen LogP contribution in [0.15, 0.2) is 18.2 Å². The summed E-state index contributed by atoms with van der Waals surface area (Å²) in [4.78, 5) is 0. The lowest BCUT2D eigenvalue weighted by Crippen LogP contribution is -2.51. The Kier molecular flexibility index (Phi) is 3.07. The normalized spacial score (nSPS) is 35.1. The molecule has 2 aliphatic rings. The summed E-state index contributed by atoms with van der Waals surface area (Å²) < 4.78 is 6.40. The second-order valence-corrected chi connectivity index (χ2v) is 7.08. The fourth-order valence-corrected chi connectivity index (χ4v) is 4.41. The average Bonchev–Trinajstić information content (AvgIpc) is 2.34. The molecule has 0 radical (unpaired) electrons. The van der Waals surface area contributed by atoms with Crippen LogP contribution >= 0.6 is 11.8 Å². The molecule has 1 spiro atoms. The molecule has 0 bridgehead atoms. The zero-order valence-corrected chi connectivity index (χ0v) is 11.9. The summed E-state index contributed by atoms with van der Waals surface area (Å²) in [6, 6.07) is 6.51. The third-order valence-corrected chi connectivity index (χ3v) is 5.75. The van der Waals surface area contributed by atoms with Crippen LogP contribution in [0.25, 0.3) is 0 Å². The average molecular weight is 263 g/mol. The van der Waals surface area contributed by atoms with Crippen molar-refractivity contribution >= 4 is 11.8 Å². The smallest absolute Gasteiger partial charge is 0.124 e.